The summed E-state index contributed by atoms with van der Waals surface area (Å²) in [5.74, 6) is 0.00533. The molecule has 0 aliphatic heterocycles. The molecule has 0 unspecified atom stereocenters. The number of carbonyl (C=O) groups excluding carboxylic acids is 1. The molecule has 1 rings (SSSR count). The van der Waals surface area contributed by atoms with Crippen molar-refractivity contribution < 1.29 is 4.79 Å². The predicted molar refractivity (Wildman–Crippen MR) is 54.0 cm³/mol. The van der Waals surface area contributed by atoms with Gasteiger partial charge in [0.25, 0.3) is 0 Å². The van der Waals surface area contributed by atoms with Crippen LogP contribution >= 0.6 is 11.6 Å². The van der Waals surface area contributed by atoms with Crippen LogP contribution in [0.4, 0.5) is 0 Å². The van der Waals surface area contributed by atoms with E-state index >= 15 is 0 Å². The number of Topliss-reactive ketones (excluding diaryl/α,β-unsaturated/α-hetero) is 1. The Balaban J connectivity index is 2.83. The second-order valence-corrected chi connectivity index (χ2v) is 3.42. The maximum Gasteiger partial charge on any atom is 0.150 e. The average molecular weight is 198 g/mol. The SMILES string of the molecule is Cc1ccc(CC(=O)CN)c(Cl)c1. The molecule has 0 aliphatic carbocycles. The molecule has 0 saturated heterocycles. The van der Waals surface area contributed by atoms with Gasteiger partial charge in [-0.3, -0.25) is 4.79 Å². The number of nitrogens with two attached hydrogens (primary N) is 1. The van der Waals surface area contributed by atoms with Crippen molar-refractivity contribution in [3.63, 3.8) is 0 Å². The van der Waals surface area contributed by atoms with Crippen LogP contribution in [0.2, 0.25) is 5.02 Å². The van der Waals surface area contributed by atoms with E-state index in [1.807, 2.05) is 25.1 Å². The fourth-order valence-corrected chi connectivity index (χ4v) is 1.38. The quantitative estimate of drug-likeness (QED) is 0.802. The zero-order valence-electron chi connectivity index (χ0n) is 7.51. The fraction of sp³-hybridized carbons (Fsp3) is 0.300. The summed E-state index contributed by atoms with van der Waals surface area (Å²) < 4.78 is 0. The van der Waals surface area contributed by atoms with Crippen LogP contribution in [-0.4, -0.2) is 12.3 Å². The smallest absolute Gasteiger partial charge is 0.150 e. The topological polar surface area (TPSA) is 43.1 Å². The molecule has 3 heteroatoms. The van der Waals surface area contributed by atoms with Gasteiger partial charge >= 0.3 is 0 Å². The van der Waals surface area contributed by atoms with E-state index in [-0.39, 0.29) is 12.3 Å². The molecule has 0 fully saturated rings. The second-order valence-electron chi connectivity index (χ2n) is 3.01. The van der Waals surface area contributed by atoms with E-state index in [9.17, 15) is 4.79 Å². The van der Waals surface area contributed by atoms with Crippen LogP contribution in [0.3, 0.4) is 0 Å². The standard InChI is InChI=1S/C10H12ClNO/c1-7-2-3-8(10(11)4-7)5-9(13)6-12/h2-4H,5-6,12H2,1H3. The Morgan fingerprint density at radius 3 is 2.77 bits per heavy atom. The van der Waals surface area contributed by atoms with Gasteiger partial charge in [-0.15, -0.1) is 0 Å². The van der Waals surface area contributed by atoms with Crippen LogP contribution in [0.25, 0.3) is 0 Å². The van der Waals surface area contributed by atoms with Crippen molar-refractivity contribution in [1.29, 1.82) is 0 Å². The van der Waals surface area contributed by atoms with Crippen molar-refractivity contribution in [2.24, 2.45) is 5.73 Å². The minimum Gasteiger partial charge on any atom is -0.324 e. The lowest BCUT2D eigenvalue weighted by Gasteiger charge is -2.03. The maximum absolute atomic E-state index is 11.0. The third-order valence-corrected chi connectivity index (χ3v) is 2.18. The molecule has 0 saturated carbocycles. The van der Waals surface area contributed by atoms with Crippen molar-refractivity contribution in [2.75, 3.05) is 6.54 Å². The van der Waals surface area contributed by atoms with Crippen LogP contribution in [0.5, 0.6) is 0 Å². The molecule has 13 heavy (non-hydrogen) atoms. The third-order valence-electron chi connectivity index (χ3n) is 1.82. The summed E-state index contributed by atoms with van der Waals surface area (Å²) >= 11 is 5.94. The Labute approximate surface area is 82.7 Å². The first kappa shape index (κ1) is 10.2. The molecule has 0 bridgehead atoms. The number of carbonyl (C=O) groups is 1. The van der Waals surface area contributed by atoms with E-state index in [4.69, 9.17) is 17.3 Å². The highest BCUT2D eigenvalue weighted by atomic mass is 35.5. The van der Waals surface area contributed by atoms with Gasteiger partial charge in [0.05, 0.1) is 6.54 Å². The molecule has 0 amide bonds. The summed E-state index contributed by atoms with van der Waals surface area (Å²) in [6.45, 7) is 2.03. The number of benzene rings is 1. The van der Waals surface area contributed by atoms with Crippen LogP contribution in [-0.2, 0) is 11.2 Å². The van der Waals surface area contributed by atoms with Crippen LogP contribution in [0, 0.1) is 6.92 Å². The normalized spacial score (nSPS) is 10.1. The lowest BCUT2D eigenvalue weighted by molar-refractivity contribution is -0.117. The monoisotopic (exact) mass is 197 g/mol. The van der Waals surface area contributed by atoms with Crippen LogP contribution in [0.1, 0.15) is 11.1 Å². The predicted octanol–water partition coefficient (Wildman–Crippen LogP) is 1.72. The molecular weight excluding hydrogens is 186 g/mol. The molecule has 0 spiro atoms. The van der Waals surface area contributed by atoms with Crippen molar-refractivity contribution in [1.82, 2.24) is 0 Å². The summed E-state index contributed by atoms with van der Waals surface area (Å²) in [6.07, 6.45) is 0.329. The highest BCUT2D eigenvalue weighted by Crippen LogP contribution is 2.17. The zero-order chi connectivity index (χ0) is 9.84. The van der Waals surface area contributed by atoms with Crippen LogP contribution < -0.4 is 5.73 Å². The molecule has 0 aliphatic rings. The first-order chi connectivity index (χ1) is 6.13. The summed E-state index contributed by atoms with van der Waals surface area (Å²) in [4.78, 5) is 11.0. The van der Waals surface area contributed by atoms with Gasteiger partial charge in [-0.05, 0) is 24.1 Å². The van der Waals surface area contributed by atoms with Crippen molar-refractivity contribution in [3.05, 3.63) is 34.3 Å². The second kappa shape index (κ2) is 4.40. The molecule has 0 atom stereocenters. The Hall–Kier alpha value is -0.860. The van der Waals surface area contributed by atoms with E-state index in [0.29, 0.717) is 11.4 Å². The Morgan fingerprint density at radius 1 is 1.54 bits per heavy atom. The molecule has 0 heterocycles. The van der Waals surface area contributed by atoms with Gasteiger partial charge in [-0.1, -0.05) is 23.7 Å². The minimum absolute atomic E-state index is 0.00533. The lowest BCUT2D eigenvalue weighted by Crippen LogP contribution is -2.15. The molecule has 70 valence electrons. The molecule has 0 aromatic heterocycles. The summed E-state index contributed by atoms with van der Waals surface area (Å²) in [5.41, 5.74) is 7.15. The van der Waals surface area contributed by atoms with Gasteiger partial charge < -0.3 is 5.73 Å². The highest BCUT2D eigenvalue weighted by molar-refractivity contribution is 6.31. The molecule has 0 radical (unpaired) electrons. The summed E-state index contributed by atoms with van der Waals surface area (Å²) in [7, 11) is 0. The van der Waals surface area contributed by atoms with Gasteiger partial charge in [-0.2, -0.15) is 0 Å². The summed E-state index contributed by atoms with van der Waals surface area (Å²) in [6, 6.07) is 5.65. The number of rotatable bonds is 3. The molecule has 1 aromatic rings. The average Bonchev–Trinajstić information content (AvgIpc) is 2.09. The van der Waals surface area contributed by atoms with E-state index in [1.165, 1.54) is 0 Å². The maximum atomic E-state index is 11.0. The van der Waals surface area contributed by atoms with Gasteiger partial charge in [0.15, 0.2) is 5.78 Å². The number of ketones is 1. The van der Waals surface area contributed by atoms with Gasteiger partial charge in [0, 0.05) is 11.4 Å². The van der Waals surface area contributed by atoms with Crippen molar-refractivity contribution in [2.45, 2.75) is 13.3 Å². The first-order valence-electron chi connectivity index (χ1n) is 4.10. The van der Waals surface area contributed by atoms with Crippen LogP contribution in [0.15, 0.2) is 18.2 Å². The van der Waals surface area contributed by atoms with Crippen molar-refractivity contribution in [3.8, 4) is 0 Å². The number of aryl methyl sites for hydroxylation is 1. The molecular formula is C10H12ClNO. The van der Waals surface area contributed by atoms with E-state index < -0.39 is 0 Å². The highest BCUT2D eigenvalue weighted by Gasteiger charge is 2.04. The Bertz CT molecular complexity index is 323. The largest absolute Gasteiger partial charge is 0.324 e. The van der Waals surface area contributed by atoms with E-state index in [0.717, 1.165) is 11.1 Å². The summed E-state index contributed by atoms with van der Waals surface area (Å²) in [5, 5.41) is 0.641. The minimum atomic E-state index is 0.00533. The molecule has 1 aromatic carbocycles. The molecule has 2 N–H and O–H groups in total. The number of hydrogen-bond acceptors (Lipinski definition) is 2. The Kier molecular flexibility index (Phi) is 3.46. The van der Waals surface area contributed by atoms with Gasteiger partial charge in [-0.25, -0.2) is 0 Å². The van der Waals surface area contributed by atoms with Gasteiger partial charge in [0.1, 0.15) is 0 Å². The van der Waals surface area contributed by atoms with Gasteiger partial charge in [0.2, 0.25) is 0 Å². The number of hydrogen-bond donors (Lipinski definition) is 1. The third kappa shape index (κ3) is 2.83. The molecule has 2 nitrogen and oxygen atoms in total. The lowest BCUT2D eigenvalue weighted by atomic mass is 10.1. The number of halogens is 1. The van der Waals surface area contributed by atoms with E-state index in [1.54, 1.807) is 0 Å². The van der Waals surface area contributed by atoms with Crippen molar-refractivity contribution >= 4 is 17.4 Å². The zero-order valence-corrected chi connectivity index (χ0v) is 8.27. The van der Waals surface area contributed by atoms with E-state index in [2.05, 4.69) is 0 Å². The Morgan fingerprint density at radius 2 is 2.23 bits per heavy atom. The first-order valence-corrected chi connectivity index (χ1v) is 4.48. The fourth-order valence-electron chi connectivity index (χ4n) is 1.08.